The molecule has 1 aliphatic heterocycles. The molecule has 4 heteroatoms. The van der Waals surface area contributed by atoms with Crippen LogP contribution in [0.25, 0.3) is 0 Å². The van der Waals surface area contributed by atoms with E-state index in [9.17, 15) is 9.90 Å². The van der Waals surface area contributed by atoms with Gasteiger partial charge >= 0.3 is 5.97 Å². The van der Waals surface area contributed by atoms with Gasteiger partial charge in [0, 0.05) is 5.88 Å². The van der Waals surface area contributed by atoms with Crippen LogP contribution in [0.4, 0.5) is 0 Å². The first-order valence-corrected chi connectivity index (χ1v) is 5.28. The molecule has 1 saturated carbocycles. The number of hydrogen-bond acceptors (Lipinski definition) is 2. The van der Waals surface area contributed by atoms with Gasteiger partial charge in [-0.1, -0.05) is 0 Å². The Hall–Kier alpha value is -0.280. The van der Waals surface area contributed by atoms with Gasteiger partial charge in [0.15, 0.2) is 0 Å². The SMILES string of the molecule is O=C(O)C1(CCCCl)NCC2CC21. The Kier molecular flexibility index (Phi) is 2.24. The number of carbonyl (C=O) groups is 1. The average Bonchev–Trinajstić information content (AvgIpc) is 2.79. The zero-order chi connectivity index (χ0) is 9.47. The molecular weight excluding hydrogens is 190 g/mol. The first kappa shape index (κ1) is 9.28. The standard InChI is InChI=1S/C9H14ClNO2/c10-3-1-2-9(8(12)13)7-4-6(7)5-11-9/h6-7,11H,1-5H2,(H,12,13). The highest BCUT2D eigenvalue weighted by atomic mass is 35.5. The van der Waals surface area contributed by atoms with Gasteiger partial charge in [0.2, 0.25) is 0 Å². The molecule has 1 saturated heterocycles. The Labute approximate surface area is 82.5 Å². The summed E-state index contributed by atoms with van der Waals surface area (Å²) in [6.07, 6.45) is 2.54. The van der Waals surface area contributed by atoms with Crippen molar-refractivity contribution < 1.29 is 9.90 Å². The lowest BCUT2D eigenvalue weighted by atomic mass is 9.89. The Balaban J connectivity index is 2.07. The summed E-state index contributed by atoms with van der Waals surface area (Å²) in [5, 5.41) is 12.3. The molecule has 2 aliphatic rings. The molecule has 0 aromatic heterocycles. The number of aliphatic carboxylic acids is 1. The van der Waals surface area contributed by atoms with E-state index in [2.05, 4.69) is 5.32 Å². The normalized spacial score (nSPS) is 41.6. The summed E-state index contributed by atoms with van der Waals surface area (Å²) in [4.78, 5) is 11.2. The summed E-state index contributed by atoms with van der Waals surface area (Å²) in [5.41, 5.74) is -0.639. The number of carboxylic acid groups (broad SMARTS) is 1. The maximum absolute atomic E-state index is 11.2. The van der Waals surface area contributed by atoms with E-state index in [1.54, 1.807) is 0 Å². The lowest BCUT2D eigenvalue weighted by Crippen LogP contribution is -2.50. The number of fused-ring (bicyclic) bond motifs is 1. The Morgan fingerprint density at radius 2 is 2.46 bits per heavy atom. The molecule has 3 nitrogen and oxygen atoms in total. The third kappa shape index (κ3) is 1.34. The van der Waals surface area contributed by atoms with Gasteiger partial charge in [0.25, 0.3) is 0 Å². The first-order chi connectivity index (χ1) is 6.20. The molecule has 2 fully saturated rings. The van der Waals surface area contributed by atoms with Crippen molar-refractivity contribution in [3.8, 4) is 0 Å². The number of piperidine rings is 1. The van der Waals surface area contributed by atoms with Crippen LogP contribution in [0.15, 0.2) is 0 Å². The second kappa shape index (κ2) is 3.14. The van der Waals surface area contributed by atoms with E-state index in [0.29, 0.717) is 24.1 Å². The van der Waals surface area contributed by atoms with Crippen LogP contribution in [0.3, 0.4) is 0 Å². The molecule has 3 unspecified atom stereocenters. The summed E-state index contributed by atoms with van der Waals surface area (Å²) >= 11 is 5.59. The predicted octanol–water partition coefficient (Wildman–Crippen LogP) is 1.07. The molecule has 74 valence electrons. The second-order valence-corrected chi connectivity index (χ2v) is 4.43. The molecule has 0 amide bonds. The maximum atomic E-state index is 11.2. The Bertz CT molecular complexity index is 234. The molecule has 1 heterocycles. The van der Waals surface area contributed by atoms with Gasteiger partial charge in [0.05, 0.1) is 0 Å². The van der Waals surface area contributed by atoms with Crippen LogP contribution in [0.1, 0.15) is 19.3 Å². The van der Waals surface area contributed by atoms with Crippen LogP contribution in [0.5, 0.6) is 0 Å². The van der Waals surface area contributed by atoms with Crippen LogP contribution >= 0.6 is 11.6 Å². The van der Waals surface area contributed by atoms with Gasteiger partial charge in [-0.15, -0.1) is 11.6 Å². The third-order valence-electron chi connectivity index (χ3n) is 3.32. The molecule has 0 bridgehead atoms. The van der Waals surface area contributed by atoms with E-state index in [1.807, 2.05) is 0 Å². The summed E-state index contributed by atoms with van der Waals surface area (Å²) in [7, 11) is 0. The average molecular weight is 204 g/mol. The molecule has 0 aromatic rings. The fourth-order valence-corrected chi connectivity index (χ4v) is 2.62. The van der Waals surface area contributed by atoms with E-state index >= 15 is 0 Å². The van der Waals surface area contributed by atoms with E-state index in [4.69, 9.17) is 11.6 Å². The predicted molar refractivity (Wildman–Crippen MR) is 49.9 cm³/mol. The summed E-state index contributed by atoms with van der Waals surface area (Å²) in [6.45, 7) is 0.874. The summed E-state index contributed by atoms with van der Waals surface area (Å²) < 4.78 is 0. The van der Waals surface area contributed by atoms with Crippen molar-refractivity contribution >= 4 is 17.6 Å². The van der Waals surface area contributed by atoms with Crippen molar-refractivity contribution in [2.45, 2.75) is 24.8 Å². The largest absolute Gasteiger partial charge is 0.480 e. The van der Waals surface area contributed by atoms with Crippen LogP contribution < -0.4 is 5.32 Å². The lowest BCUT2D eigenvalue weighted by Gasteiger charge is -2.26. The van der Waals surface area contributed by atoms with Gasteiger partial charge in [-0.2, -0.15) is 0 Å². The van der Waals surface area contributed by atoms with Crippen LogP contribution in [0, 0.1) is 11.8 Å². The van der Waals surface area contributed by atoms with Gasteiger partial charge < -0.3 is 10.4 Å². The van der Waals surface area contributed by atoms with Gasteiger partial charge in [-0.25, -0.2) is 0 Å². The first-order valence-electron chi connectivity index (χ1n) is 4.75. The Morgan fingerprint density at radius 1 is 1.69 bits per heavy atom. The number of alkyl halides is 1. The van der Waals surface area contributed by atoms with E-state index < -0.39 is 11.5 Å². The van der Waals surface area contributed by atoms with E-state index in [1.165, 1.54) is 0 Å². The highest BCUT2D eigenvalue weighted by molar-refractivity contribution is 6.17. The second-order valence-electron chi connectivity index (χ2n) is 4.05. The maximum Gasteiger partial charge on any atom is 0.324 e. The van der Waals surface area contributed by atoms with E-state index in [0.717, 1.165) is 19.4 Å². The minimum absolute atomic E-state index is 0.369. The lowest BCUT2D eigenvalue weighted by molar-refractivity contribution is -0.145. The molecule has 13 heavy (non-hydrogen) atoms. The molecule has 0 spiro atoms. The highest BCUT2D eigenvalue weighted by Gasteiger charge is 2.61. The smallest absolute Gasteiger partial charge is 0.324 e. The zero-order valence-corrected chi connectivity index (χ0v) is 8.18. The van der Waals surface area contributed by atoms with Crippen molar-refractivity contribution in [1.29, 1.82) is 0 Å². The fourth-order valence-electron chi connectivity index (χ4n) is 2.48. The molecule has 3 atom stereocenters. The van der Waals surface area contributed by atoms with Gasteiger partial charge in [0.1, 0.15) is 5.54 Å². The number of carboxylic acids is 1. The zero-order valence-electron chi connectivity index (χ0n) is 7.42. The van der Waals surface area contributed by atoms with Crippen molar-refractivity contribution in [3.05, 3.63) is 0 Å². The van der Waals surface area contributed by atoms with Crippen LogP contribution in [-0.4, -0.2) is 29.0 Å². The van der Waals surface area contributed by atoms with Crippen molar-refractivity contribution in [2.75, 3.05) is 12.4 Å². The summed E-state index contributed by atoms with van der Waals surface area (Å²) in [6, 6.07) is 0. The fraction of sp³-hybridized carbons (Fsp3) is 0.889. The topological polar surface area (TPSA) is 49.3 Å². The number of halogens is 1. The van der Waals surface area contributed by atoms with Crippen molar-refractivity contribution in [3.63, 3.8) is 0 Å². The molecule has 0 aromatic carbocycles. The number of nitrogens with one attached hydrogen (secondary N) is 1. The molecule has 2 rings (SSSR count). The highest BCUT2D eigenvalue weighted by Crippen LogP contribution is 2.52. The van der Waals surface area contributed by atoms with Gasteiger partial charge in [-0.3, -0.25) is 4.79 Å². The summed E-state index contributed by atoms with van der Waals surface area (Å²) in [5.74, 6) is 0.843. The minimum atomic E-state index is -0.692. The van der Waals surface area contributed by atoms with Gasteiger partial charge in [-0.05, 0) is 37.6 Å². The quantitative estimate of drug-likeness (QED) is 0.672. The minimum Gasteiger partial charge on any atom is -0.480 e. The van der Waals surface area contributed by atoms with Crippen molar-refractivity contribution in [2.24, 2.45) is 11.8 Å². The molecule has 1 aliphatic carbocycles. The Morgan fingerprint density at radius 3 is 2.85 bits per heavy atom. The number of rotatable bonds is 4. The third-order valence-corrected chi connectivity index (χ3v) is 3.59. The number of hydrogen-bond donors (Lipinski definition) is 2. The monoisotopic (exact) mass is 203 g/mol. The molecule has 0 radical (unpaired) electrons. The van der Waals surface area contributed by atoms with Crippen LogP contribution in [0.2, 0.25) is 0 Å². The van der Waals surface area contributed by atoms with Crippen LogP contribution in [-0.2, 0) is 4.79 Å². The molecular formula is C9H14ClNO2. The van der Waals surface area contributed by atoms with E-state index in [-0.39, 0.29) is 0 Å². The molecule has 2 N–H and O–H groups in total. The van der Waals surface area contributed by atoms with Crippen molar-refractivity contribution in [1.82, 2.24) is 5.32 Å².